The molecular weight excluding hydrogens is 384 g/mol. The highest BCUT2D eigenvalue weighted by Crippen LogP contribution is 2.20. The molecule has 0 radical (unpaired) electrons. The fourth-order valence-electron chi connectivity index (χ4n) is 3.41. The first-order valence-corrected chi connectivity index (χ1v) is 10.1. The van der Waals surface area contributed by atoms with Gasteiger partial charge in [0.2, 0.25) is 5.91 Å². The molecule has 2 aromatic rings. The van der Waals surface area contributed by atoms with Crippen LogP contribution in [-0.4, -0.2) is 41.6 Å². The Bertz CT molecular complexity index is 873. The van der Waals surface area contributed by atoms with Gasteiger partial charge < -0.3 is 4.74 Å². The van der Waals surface area contributed by atoms with Crippen LogP contribution in [0, 0.1) is 16.0 Å². The Morgan fingerprint density at radius 2 is 1.87 bits per heavy atom. The summed E-state index contributed by atoms with van der Waals surface area (Å²) in [4.78, 5) is 25.0. The maximum absolute atomic E-state index is 12.4. The summed E-state index contributed by atoms with van der Waals surface area (Å²) in [6.07, 6.45) is 3.14. The summed E-state index contributed by atoms with van der Waals surface area (Å²) in [5, 5.41) is 14.8. The molecule has 1 saturated heterocycles. The van der Waals surface area contributed by atoms with Crippen LogP contribution in [0.1, 0.15) is 30.9 Å². The fraction of sp³-hybridized carbons (Fsp3) is 0.364. The maximum Gasteiger partial charge on any atom is 0.269 e. The lowest BCUT2D eigenvalue weighted by Crippen LogP contribution is -2.39. The smallest absolute Gasteiger partial charge is 0.269 e. The third kappa shape index (κ3) is 6.12. The molecule has 1 heterocycles. The lowest BCUT2D eigenvalue weighted by atomic mass is 9.96. The molecule has 3 rings (SSSR count). The van der Waals surface area contributed by atoms with Crippen molar-refractivity contribution in [3.63, 3.8) is 0 Å². The third-order valence-corrected chi connectivity index (χ3v) is 5.09. The molecule has 1 fully saturated rings. The molecule has 0 aromatic heterocycles. The molecule has 8 heteroatoms. The van der Waals surface area contributed by atoms with Crippen molar-refractivity contribution in [2.24, 2.45) is 11.0 Å². The van der Waals surface area contributed by atoms with Gasteiger partial charge in [-0.2, -0.15) is 5.10 Å². The SMILES string of the molecule is CCOc1ccc(C=NNC(=O)C2CCN(Cc3ccc([N+](=O)[O-])cc3)CC2)cc1. The molecule has 0 saturated carbocycles. The number of non-ortho nitro benzene ring substituents is 1. The number of likely N-dealkylation sites (tertiary alicyclic amines) is 1. The Morgan fingerprint density at radius 1 is 1.20 bits per heavy atom. The highest BCUT2D eigenvalue weighted by molar-refractivity contribution is 5.83. The zero-order valence-electron chi connectivity index (χ0n) is 17.0. The summed E-state index contributed by atoms with van der Waals surface area (Å²) in [6.45, 7) is 4.89. The topological polar surface area (TPSA) is 97.1 Å². The first-order valence-electron chi connectivity index (χ1n) is 10.1. The van der Waals surface area contributed by atoms with Gasteiger partial charge in [0, 0.05) is 24.6 Å². The van der Waals surface area contributed by atoms with Gasteiger partial charge in [-0.3, -0.25) is 19.8 Å². The van der Waals surface area contributed by atoms with Crippen LogP contribution in [0.3, 0.4) is 0 Å². The highest BCUT2D eigenvalue weighted by Gasteiger charge is 2.24. The van der Waals surface area contributed by atoms with Crippen LogP contribution in [0.4, 0.5) is 5.69 Å². The summed E-state index contributed by atoms with van der Waals surface area (Å²) < 4.78 is 5.40. The van der Waals surface area contributed by atoms with Crippen molar-refractivity contribution >= 4 is 17.8 Å². The molecule has 2 aromatic carbocycles. The van der Waals surface area contributed by atoms with E-state index in [0.717, 1.165) is 49.4 Å². The van der Waals surface area contributed by atoms with Crippen molar-refractivity contribution in [2.75, 3.05) is 19.7 Å². The number of piperidine rings is 1. The van der Waals surface area contributed by atoms with Crippen LogP contribution in [0.25, 0.3) is 0 Å². The Hall–Kier alpha value is -3.26. The summed E-state index contributed by atoms with van der Waals surface area (Å²) in [7, 11) is 0. The van der Waals surface area contributed by atoms with Gasteiger partial charge in [0.25, 0.3) is 5.69 Å². The minimum absolute atomic E-state index is 0.0596. The largest absolute Gasteiger partial charge is 0.494 e. The molecule has 1 amide bonds. The number of rotatable bonds is 8. The van der Waals surface area contributed by atoms with Gasteiger partial charge in [0.1, 0.15) is 5.75 Å². The predicted molar refractivity (Wildman–Crippen MR) is 114 cm³/mol. The maximum atomic E-state index is 12.4. The number of hydrogen-bond acceptors (Lipinski definition) is 6. The molecule has 0 spiro atoms. The van der Waals surface area contributed by atoms with E-state index in [0.29, 0.717) is 6.61 Å². The van der Waals surface area contributed by atoms with E-state index in [1.54, 1.807) is 18.3 Å². The summed E-state index contributed by atoms with van der Waals surface area (Å²) in [5.41, 5.74) is 4.65. The lowest BCUT2D eigenvalue weighted by molar-refractivity contribution is -0.384. The van der Waals surface area contributed by atoms with Crippen molar-refractivity contribution in [1.29, 1.82) is 0 Å². The fourth-order valence-corrected chi connectivity index (χ4v) is 3.41. The molecule has 0 aliphatic carbocycles. The molecular formula is C22H26N4O4. The zero-order valence-corrected chi connectivity index (χ0v) is 17.0. The van der Waals surface area contributed by atoms with Gasteiger partial charge in [-0.1, -0.05) is 12.1 Å². The molecule has 0 bridgehead atoms. The van der Waals surface area contributed by atoms with Gasteiger partial charge in [0.05, 0.1) is 17.7 Å². The Balaban J connectivity index is 1.41. The standard InChI is InChI=1S/C22H26N4O4/c1-2-30-21-9-5-17(6-10-21)15-23-24-22(27)19-11-13-25(14-12-19)16-18-3-7-20(8-4-18)26(28)29/h3-10,15,19H,2,11-14,16H2,1H3,(H,24,27). The number of nitrogens with zero attached hydrogens (tertiary/aromatic N) is 3. The molecule has 0 atom stereocenters. The Labute approximate surface area is 175 Å². The van der Waals surface area contributed by atoms with Crippen LogP contribution in [0.5, 0.6) is 5.75 Å². The number of carbonyl (C=O) groups is 1. The van der Waals surface area contributed by atoms with E-state index in [1.807, 2.05) is 31.2 Å². The highest BCUT2D eigenvalue weighted by atomic mass is 16.6. The second-order valence-corrected chi connectivity index (χ2v) is 7.21. The predicted octanol–water partition coefficient (Wildman–Crippen LogP) is 3.36. The van der Waals surface area contributed by atoms with Crippen molar-refractivity contribution in [2.45, 2.75) is 26.3 Å². The Morgan fingerprint density at radius 3 is 2.47 bits per heavy atom. The van der Waals surface area contributed by atoms with Crippen molar-refractivity contribution in [1.82, 2.24) is 10.3 Å². The van der Waals surface area contributed by atoms with Crippen LogP contribution < -0.4 is 10.2 Å². The van der Waals surface area contributed by atoms with E-state index in [2.05, 4.69) is 15.4 Å². The van der Waals surface area contributed by atoms with E-state index in [1.165, 1.54) is 12.1 Å². The van der Waals surface area contributed by atoms with Crippen molar-refractivity contribution in [3.05, 3.63) is 69.8 Å². The van der Waals surface area contributed by atoms with E-state index in [9.17, 15) is 14.9 Å². The van der Waals surface area contributed by atoms with Crippen LogP contribution >= 0.6 is 0 Å². The number of carbonyl (C=O) groups excluding carboxylic acids is 1. The average molecular weight is 410 g/mol. The van der Waals surface area contributed by atoms with Crippen molar-refractivity contribution in [3.8, 4) is 5.75 Å². The summed E-state index contributed by atoms with van der Waals surface area (Å²) >= 11 is 0. The first kappa shape index (κ1) is 21.4. The van der Waals surface area contributed by atoms with Gasteiger partial charge in [-0.25, -0.2) is 5.43 Å². The van der Waals surface area contributed by atoms with E-state index >= 15 is 0 Å². The summed E-state index contributed by atoms with van der Waals surface area (Å²) in [6, 6.07) is 14.1. The van der Waals surface area contributed by atoms with E-state index in [4.69, 9.17) is 4.74 Å². The lowest BCUT2D eigenvalue weighted by Gasteiger charge is -2.30. The second kappa shape index (κ2) is 10.5. The van der Waals surface area contributed by atoms with Gasteiger partial charge >= 0.3 is 0 Å². The number of amides is 1. The minimum Gasteiger partial charge on any atom is -0.494 e. The molecule has 30 heavy (non-hydrogen) atoms. The number of benzene rings is 2. The molecule has 1 aliphatic heterocycles. The number of hydrogen-bond donors (Lipinski definition) is 1. The van der Waals surface area contributed by atoms with Crippen LogP contribution in [0.2, 0.25) is 0 Å². The monoisotopic (exact) mass is 410 g/mol. The van der Waals surface area contributed by atoms with Gasteiger partial charge in [-0.05, 0) is 68.2 Å². The number of nitro groups is 1. The van der Waals surface area contributed by atoms with Gasteiger partial charge in [-0.15, -0.1) is 0 Å². The number of ether oxygens (including phenoxy) is 1. The number of nitrogens with one attached hydrogen (secondary N) is 1. The molecule has 1 N–H and O–H groups in total. The Kier molecular flexibility index (Phi) is 7.51. The van der Waals surface area contributed by atoms with Crippen molar-refractivity contribution < 1.29 is 14.5 Å². The molecule has 8 nitrogen and oxygen atoms in total. The quantitative estimate of drug-likeness (QED) is 0.409. The molecule has 0 unspecified atom stereocenters. The summed E-state index contributed by atoms with van der Waals surface area (Å²) in [5.74, 6) is 0.682. The number of nitro benzene ring substituents is 1. The first-order chi connectivity index (χ1) is 14.5. The third-order valence-electron chi connectivity index (χ3n) is 5.09. The average Bonchev–Trinajstić information content (AvgIpc) is 2.76. The molecule has 158 valence electrons. The van der Waals surface area contributed by atoms with Crippen LogP contribution in [-0.2, 0) is 11.3 Å². The second-order valence-electron chi connectivity index (χ2n) is 7.21. The van der Waals surface area contributed by atoms with Gasteiger partial charge in [0.15, 0.2) is 0 Å². The van der Waals surface area contributed by atoms with E-state index < -0.39 is 4.92 Å². The van der Waals surface area contributed by atoms with Crippen LogP contribution in [0.15, 0.2) is 53.6 Å². The zero-order chi connectivity index (χ0) is 21.3. The van der Waals surface area contributed by atoms with E-state index in [-0.39, 0.29) is 17.5 Å². The number of hydrazone groups is 1. The normalized spacial score (nSPS) is 15.2. The minimum atomic E-state index is -0.397. The molecule has 1 aliphatic rings.